The van der Waals surface area contributed by atoms with Gasteiger partial charge in [0, 0.05) is 0 Å². The monoisotopic (exact) mass is 326 g/mol. The van der Waals surface area contributed by atoms with Crippen LogP contribution in [-0.4, -0.2) is 26.2 Å². The average Bonchev–Trinajstić information content (AvgIpc) is 2.60. The molecule has 0 unspecified atom stereocenters. The van der Waals surface area contributed by atoms with Crippen molar-refractivity contribution in [2.24, 2.45) is 0 Å². The number of hydrogen-bond acceptors (Lipinski definition) is 6. The number of benzene rings is 2. The summed E-state index contributed by atoms with van der Waals surface area (Å²) in [5.41, 5.74) is -0.518. The second-order valence-corrected chi connectivity index (χ2v) is 5.13. The molecule has 1 heterocycles. The van der Waals surface area contributed by atoms with Crippen molar-refractivity contribution in [2.45, 2.75) is 6.42 Å². The molecule has 0 radical (unpaired) electrons. The summed E-state index contributed by atoms with van der Waals surface area (Å²) >= 11 is 0. The van der Waals surface area contributed by atoms with Crippen LogP contribution in [0, 0.1) is 0 Å². The minimum atomic E-state index is -0.850. The SMILES string of the molecule is COC(=O)Cc1oc2ccc3ccccc3c2c(=O)c1C(=O)OC. The Morgan fingerprint density at radius 1 is 1.04 bits per heavy atom. The second kappa shape index (κ2) is 6.16. The van der Waals surface area contributed by atoms with E-state index >= 15 is 0 Å². The number of carbonyl (C=O) groups is 2. The van der Waals surface area contributed by atoms with Gasteiger partial charge < -0.3 is 13.9 Å². The molecule has 6 heteroatoms. The highest BCUT2D eigenvalue weighted by Crippen LogP contribution is 2.25. The fourth-order valence-electron chi connectivity index (χ4n) is 2.64. The topological polar surface area (TPSA) is 82.8 Å². The van der Waals surface area contributed by atoms with Crippen molar-refractivity contribution in [3.63, 3.8) is 0 Å². The number of esters is 2. The zero-order chi connectivity index (χ0) is 17.3. The molecule has 3 rings (SSSR count). The van der Waals surface area contributed by atoms with E-state index in [9.17, 15) is 14.4 Å². The van der Waals surface area contributed by atoms with E-state index in [0.717, 1.165) is 12.5 Å². The van der Waals surface area contributed by atoms with Crippen molar-refractivity contribution in [2.75, 3.05) is 14.2 Å². The third-order valence-electron chi connectivity index (χ3n) is 3.78. The molecule has 3 aromatic rings. The quantitative estimate of drug-likeness (QED) is 0.543. The van der Waals surface area contributed by atoms with Crippen molar-refractivity contribution < 1.29 is 23.5 Å². The standard InChI is InChI=1S/C18H14O6/c1-22-14(19)9-13-16(18(21)23-2)17(20)15-11-6-4-3-5-10(11)7-8-12(15)24-13/h3-8H,9H2,1-2H3. The van der Waals surface area contributed by atoms with Crippen LogP contribution in [-0.2, 0) is 20.7 Å². The van der Waals surface area contributed by atoms with Gasteiger partial charge >= 0.3 is 11.9 Å². The van der Waals surface area contributed by atoms with E-state index < -0.39 is 17.4 Å². The summed E-state index contributed by atoms with van der Waals surface area (Å²) in [4.78, 5) is 36.6. The molecule has 0 fully saturated rings. The van der Waals surface area contributed by atoms with Crippen molar-refractivity contribution in [1.29, 1.82) is 0 Å². The summed E-state index contributed by atoms with van der Waals surface area (Å²) in [6.07, 6.45) is -0.334. The molecule has 0 aliphatic carbocycles. The molecule has 1 aromatic heterocycles. The Balaban J connectivity index is 2.41. The number of ether oxygens (including phenoxy) is 2. The third kappa shape index (κ3) is 2.52. The van der Waals surface area contributed by atoms with Crippen molar-refractivity contribution in [3.05, 3.63) is 57.9 Å². The van der Waals surface area contributed by atoms with E-state index in [1.807, 2.05) is 12.1 Å². The van der Waals surface area contributed by atoms with Crippen LogP contribution in [0.4, 0.5) is 0 Å². The zero-order valence-corrected chi connectivity index (χ0v) is 13.1. The lowest BCUT2D eigenvalue weighted by molar-refractivity contribution is -0.140. The third-order valence-corrected chi connectivity index (χ3v) is 3.78. The summed E-state index contributed by atoms with van der Waals surface area (Å²) in [7, 11) is 2.38. The molecular formula is C18H14O6. The van der Waals surface area contributed by atoms with Gasteiger partial charge in [-0.1, -0.05) is 30.3 Å². The van der Waals surface area contributed by atoms with Gasteiger partial charge in [0.25, 0.3) is 0 Å². The number of fused-ring (bicyclic) bond motifs is 3. The van der Waals surface area contributed by atoms with Crippen LogP contribution in [0.15, 0.2) is 45.6 Å². The maximum atomic E-state index is 12.9. The molecule has 0 aliphatic rings. The van der Waals surface area contributed by atoms with Crippen molar-refractivity contribution in [1.82, 2.24) is 0 Å². The van der Waals surface area contributed by atoms with E-state index in [-0.39, 0.29) is 23.1 Å². The largest absolute Gasteiger partial charge is 0.469 e. The fraction of sp³-hybridized carbons (Fsp3) is 0.167. The van der Waals surface area contributed by atoms with Gasteiger partial charge in [0.05, 0.1) is 19.6 Å². The fourth-order valence-corrected chi connectivity index (χ4v) is 2.64. The lowest BCUT2D eigenvalue weighted by Crippen LogP contribution is -2.21. The normalized spacial score (nSPS) is 10.8. The predicted octanol–water partition coefficient (Wildman–Crippen LogP) is 2.45. The highest BCUT2D eigenvalue weighted by molar-refractivity contribution is 6.07. The van der Waals surface area contributed by atoms with E-state index in [0.29, 0.717) is 11.0 Å². The molecule has 2 aromatic carbocycles. The summed E-state index contributed by atoms with van der Waals surface area (Å²) in [5, 5.41) is 1.79. The smallest absolute Gasteiger partial charge is 0.345 e. The van der Waals surface area contributed by atoms with Crippen molar-refractivity contribution in [3.8, 4) is 0 Å². The lowest BCUT2D eigenvalue weighted by atomic mass is 10.0. The molecule has 122 valence electrons. The molecular weight excluding hydrogens is 312 g/mol. The van der Waals surface area contributed by atoms with Crippen LogP contribution in [0.2, 0.25) is 0 Å². The number of rotatable bonds is 3. The summed E-state index contributed by atoms with van der Waals surface area (Å²) in [6.45, 7) is 0. The Hall–Kier alpha value is -3.15. The Morgan fingerprint density at radius 3 is 2.50 bits per heavy atom. The zero-order valence-electron chi connectivity index (χ0n) is 13.1. The first-order valence-electron chi connectivity index (χ1n) is 7.19. The summed E-state index contributed by atoms with van der Waals surface area (Å²) < 4.78 is 15.0. The lowest BCUT2D eigenvalue weighted by Gasteiger charge is -2.09. The van der Waals surface area contributed by atoms with Gasteiger partial charge in [-0.2, -0.15) is 0 Å². The second-order valence-electron chi connectivity index (χ2n) is 5.13. The molecule has 0 saturated carbocycles. The first kappa shape index (κ1) is 15.7. The average molecular weight is 326 g/mol. The van der Waals surface area contributed by atoms with Gasteiger partial charge in [0.2, 0.25) is 5.43 Å². The van der Waals surface area contributed by atoms with Crippen LogP contribution in [0.1, 0.15) is 16.1 Å². The van der Waals surface area contributed by atoms with Gasteiger partial charge in [-0.05, 0) is 16.8 Å². The first-order valence-corrected chi connectivity index (χ1v) is 7.19. The van der Waals surface area contributed by atoms with Gasteiger partial charge in [0.1, 0.15) is 23.3 Å². The Bertz CT molecular complexity index is 1020. The Morgan fingerprint density at radius 2 is 1.79 bits per heavy atom. The maximum Gasteiger partial charge on any atom is 0.345 e. The molecule has 24 heavy (non-hydrogen) atoms. The van der Waals surface area contributed by atoms with E-state index in [1.165, 1.54) is 7.11 Å². The Kier molecular flexibility index (Phi) is 4.04. The van der Waals surface area contributed by atoms with Crippen molar-refractivity contribution >= 4 is 33.7 Å². The van der Waals surface area contributed by atoms with Gasteiger partial charge in [-0.3, -0.25) is 9.59 Å². The number of methoxy groups -OCH3 is 2. The first-order chi connectivity index (χ1) is 11.6. The number of hydrogen-bond donors (Lipinski definition) is 0. The summed E-state index contributed by atoms with van der Waals surface area (Å²) in [5.74, 6) is -1.54. The molecule has 0 spiro atoms. The van der Waals surface area contributed by atoms with Crippen LogP contribution in [0.25, 0.3) is 21.7 Å². The number of carbonyl (C=O) groups excluding carboxylic acids is 2. The minimum absolute atomic E-state index is 0.0681. The predicted molar refractivity (Wildman–Crippen MR) is 87.0 cm³/mol. The van der Waals surface area contributed by atoms with E-state index in [1.54, 1.807) is 24.3 Å². The molecule has 0 amide bonds. The van der Waals surface area contributed by atoms with Gasteiger partial charge in [0.15, 0.2) is 0 Å². The Labute approximate surface area is 136 Å². The molecule has 0 atom stereocenters. The molecule has 0 N–H and O–H groups in total. The molecule has 0 bridgehead atoms. The maximum absolute atomic E-state index is 12.9. The highest BCUT2D eigenvalue weighted by Gasteiger charge is 2.24. The van der Waals surface area contributed by atoms with Crippen LogP contribution in [0.3, 0.4) is 0 Å². The molecule has 0 saturated heterocycles. The van der Waals surface area contributed by atoms with Crippen LogP contribution >= 0.6 is 0 Å². The van der Waals surface area contributed by atoms with Gasteiger partial charge in [-0.25, -0.2) is 4.79 Å². The van der Waals surface area contributed by atoms with E-state index in [2.05, 4.69) is 9.47 Å². The van der Waals surface area contributed by atoms with E-state index in [4.69, 9.17) is 4.42 Å². The van der Waals surface area contributed by atoms with Gasteiger partial charge in [-0.15, -0.1) is 0 Å². The molecule has 0 aliphatic heterocycles. The van der Waals surface area contributed by atoms with Crippen LogP contribution in [0.5, 0.6) is 0 Å². The highest BCUT2D eigenvalue weighted by atomic mass is 16.5. The minimum Gasteiger partial charge on any atom is -0.469 e. The van der Waals surface area contributed by atoms with Crippen LogP contribution < -0.4 is 5.43 Å². The summed E-state index contributed by atoms with van der Waals surface area (Å²) in [6, 6.07) is 10.7. The molecule has 6 nitrogen and oxygen atoms in total.